The second-order valence-corrected chi connectivity index (χ2v) is 9.39. The minimum atomic E-state index is -1.09. The van der Waals surface area contributed by atoms with Gasteiger partial charge in [0.05, 0.1) is 31.3 Å². The van der Waals surface area contributed by atoms with E-state index >= 15 is 0 Å². The molecule has 1 heterocycles. The summed E-state index contributed by atoms with van der Waals surface area (Å²) in [5.74, 6) is 0.886. The monoisotopic (exact) mass is 529 g/mol. The summed E-state index contributed by atoms with van der Waals surface area (Å²) < 4.78 is 17.8. The Hall–Kier alpha value is -4.66. The Morgan fingerprint density at radius 1 is 1.00 bits per heavy atom. The Kier molecular flexibility index (Phi) is 7.99. The van der Waals surface area contributed by atoms with Gasteiger partial charge in [0.2, 0.25) is 0 Å². The number of aryl methyl sites for hydroxylation is 1. The maximum atomic E-state index is 13.6. The number of hydrogen-bond acceptors (Lipinski definition) is 7. The van der Waals surface area contributed by atoms with Gasteiger partial charge in [-0.3, -0.25) is 4.79 Å². The zero-order valence-electron chi connectivity index (χ0n) is 22.8. The summed E-state index contributed by atoms with van der Waals surface area (Å²) in [5.41, 5.74) is 3.52. The number of aromatic nitrogens is 2. The molecular weight excluding hydrogens is 498 g/mol. The highest BCUT2D eigenvalue weighted by Gasteiger charge is 2.19. The van der Waals surface area contributed by atoms with Crippen molar-refractivity contribution in [3.8, 4) is 28.6 Å². The molecule has 4 rings (SSSR count). The first-order chi connectivity index (χ1) is 18.6. The van der Waals surface area contributed by atoms with Crippen LogP contribution in [0.1, 0.15) is 43.4 Å². The van der Waals surface area contributed by atoms with Crippen LogP contribution in [-0.2, 0) is 4.79 Å². The average Bonchev–Trinajstić information content (AvgIpc) is 2.92. The van der Waals surface area contributed by atoms with E-state index in [-0.39, 0.29) is 17.2 Å². The fourth-order valence-corrected chi connectivity index (χ4v) is 4.20. The number of carboxylic acid groups (broad SMARTS) is 1. The van der Waals surface area contributed by atoms with Crippen LogP contribution < -0.4 is 19.8 Å². The van der Waals surface area contributed by atoms with Crippen LogP contribution in [0.5, 0.6) is 17.2 Å². The molecule has 0 aliphatic carbocycles. The molecular formula is C30H31N3O6. The SMILES string of the molecule is COc1cc(C=Nn2c(-c3cc(C(C)C)c(OC)cc3C)nc3ccccc3c2=O)ccc1O[C@H](C)C(=O)O. The van der Waals surface area contributed by atoms with Crippen molar-refractivity contribution in [1.82, 2.24) is 9.66 Å². The summed E-state index contributed by atoms with van der Waals surface area (Å²) in [7, 11) is 3.10. The Morgan fingerprint density at radius 3 is 2.38 bits per heavy atom. The number of hydrogen-bond donors (Lipinski definition) is 1. The van der Waals surface area contributed by atoms with E-state index in [0.29, 0.717) is 28.0 Å². The number of ether oxygens (including phenoxy) is 3. The van der Waals surface area contributed by atoms with Crippen molar-refractivity contribution in [2.24, 2.45) is 5.10 Å². The first-order valence-electron chi connectivity index (χ1n) is 12.5. The molecule has 1 atom stereocenters. The van der Waals surface area contributed by atoms with Crippen molar-refractivity contribution in [1.29, 1.82) is 0 Å². The molecule has 4 aromatic rings. The number of rotatable bonds is 9. The van der Waals surface area contributed by atoms with Gasteiger partial charge in [-0.1, -0.05) is 26.0 Å². The number of carbonyl (C=O) groups is 1. The van der Waals surface area contributed by atoms with E-state index < -0.39 is 12.1 Å². The lowest BCUT2D eigenvalue weighted by atomic mass is 9.96. The first kappa shape index (κ1) is 27.4. The van der Waals surface area contributed by atoms with Gasteiger partial charge < -0.3 is 19.3 Å². The Balaban J connectivity index is 1.87. The fraction of sp³-hybridized carbons (Fsp3) is 0.267. The number of benzene rings is 3. The molecule has 0 radical (unpaired) electrons. The molecule has 0 spiro atoms. The maximum absolute atomic E-state index is 13.6. The molecule has 3 aromatic carbocycles. The van der Waals surface area contributed by atoms with Gasteiger partial charge in [-0.05, 0) is 78.9 Å². The molecule has 0 fully saturated rings. The van der Waals surface area contributed by atoms with E-state index in [2.05, 4.69) is 18.9 Å². The van der Waals surface area contributed by atoms with E-state index in [4.69, 9.17) is 24.3 Å². The largest absolute Gasteiger partial charge is 0.496 e. The van der Waals surface area contributed by atoms with Gasteiger partial charge in [0.15, 0.2) is 23.4 Å². The molecule has 202 valence electrons. The summed E-state index contributed by atoms with van der Waals surface area (Å²) >= 11 is 0. The molecule has 39 heavy (non-hydrogen) atoms. The molecule has 0 aliphatic rings. The van der Waals surface area contributed by atoms with Crippen molar-refractivity contribution in [3.05, 3.63) is 81.6 Å². The smallest absolute Gasteiger partial charge is 0.344 e. The van der Waals surface area contributed by atoms with Gasteiger partial charge in [-0.25, -0.2) is 9.78 Å². The van der Waals surface area contributed by atoms with Crippen LogP contribution in [0, 0.1) is 6.92 Å². The van der Waals surface area contributed by atoms with E-state index in [1.807, 2.05) is 25.1 Å². The lowest BCUT2D eigenvalue weighted by molar-refractivity contribution is -0.144. The molecule has 1 aromatic heterocycles. The average molecular weight is 530 g/mol. The lowest BCUT2D eigenvalue weighted by Crippen LogP contribution is -2.23. The number of fused-ring (bicyclic) bond motifs is 1. The molecule has 0 saturated carbocycles. The van der Waals surface area contributed by atoms with Gasteiger partial charge in [-0.15, -0.1) is 0 Å². The van der Waals surface area contributed by atoms with E-state index in [1.165, 1.54) is 24.9 Å². The number of aliphatic carboxylic acids is 1. The second-order valence-electron chi connectivity index (χ2n) is 9.39. The van der Waals surface area contributed by atoms with Crippen LogP contribution in [0.25, 0.3) is 22.3 Å². The zero-order valence-corrected chi connectivity index (χ0v) is 22.8. The molecule has 0 bridgehead atoms. The molecule has 0 aliphatic heterocycles. The van der Waals surface area contributed by atoms with Crippen molar-refractivity contribution in [2.75, 3.05) is 14.2 Å². The van der Waals surface area contributed by atoms with Crippen LogP contribution in [0.3, 0.4) is 0 Å². The van der Waals surface area contributed by atoms with Crippen LogP contribution in [0.2, 0.25) is 0 Å². The van der Waals surface area contributed by atoms with Gasteiger partial charge in [0.1, 0.15) is 5.75 Å². The topological polar surface area (TPSA) is 112 Å². The molecule has 0 saturated heterocycles. The highest BCUT2D eigenvalue weighted by molar-refractivity contribution is 5.83. The molecule has 0 amide bonds. The third-order valence-corrected chi connectivity index (χ3v) is 6.35. The predicted octanol–water partition coefficient (Wildman–Crippen LogP) is 5.25. The number of para-hydroxylation sites is 1. The van der Waals surface area contributed by atoms with E-state index in [1.54, 1.807) is 43.5 Å². The van der Waals surface area contributed by atoms with Gasteiger partial charge in [-0.2, -0.15) is 9.78 Å². The standard InChI is InChI=1S/C30H31N3O6/c1-17(2)22-15-23(18(3)13-26(22)37-5)28-32-24-10-8-7-9-21(24)29(34)33(28)31-16-20-11-12-25(27(14-20)38-6)39-19(4)30(35)36/h7-17,19H,1-6H3,(H,35,36)/t19-/m1/s1. The second kappa shape index (κ2) is 11.4. The van der Waals surface area contributed by atoms with Crippen LogP contribution in [-0.4, -0.2) is 47.3 Å². The minimum Gasteiger partial charge on any atom is -0.496 e. The Labute approximate surface area is 226 Å². The summed E-state index contributed by atoms with van der Waals surface area (Å²) in [5, 5.41) is 14.1. The van der Waals surface area contributed by atoms with Crippen molar-refractivity contribution >= 4 is 23.1 Å². The summed E-state index contributed by atoms with van der Waals surface area (Å²) in [6.45, 7) is 7.53. The number of methoxy groups -OCH3 is 2. The maximum Gasteiger partial charge on any atom is 0.344 e. The highest BCUT2D eigenvalue weighted by atomic mass is 16.5. The summed E-state index contributed by atoms with van der Waals surface area (Å²) in [4.78, 5) is 29.7. The van der Waals surface area contributed by atoms with E-state index in [0.717, 1.165) is 22.4 Å². The lowest BCUT2D eigenvalue weighted by Gasteiger charge is -2.17. The first-order valence-corrected chi connectivity index (χ1v) is 12.5. The van der Waals surface area contributed by atoms with Crippen molar-refractivity contribution in [3.63, 3.8) is 0 Å². The zero-order chi connectivity index (χ0) is 28.3. The fourth-order valence-electron chi connectivity index (χ4n) is 4.20. The van der Waals surface area contributed by atoms with Crippen molar-refractivity contribution in [2.45, 2.75) is 39.7 Å². The Morgan fingerprint density at radius 2 is 1.72 bits per heavy atom. The van der Waals surface area contributed by atoms with Crippen LogP contribution in [0.15, 0.2) is 64.5 Å². The number of carboxylic acids is 1. The third-order valence-electron chi connectivity index (χ3n) is 6.35. The molecule has 9 nitrogen and oxygen atoms in total. The molecule has 0 unspecified atom stereocenters. The summed E-state index contributed by atoms with van der Waals surface area (Å²) in [6.07, 6.45) is 0.475. The molecule has 1 N–H and O–H groups in total. The molecule has 9 heteroatoms. The highest BCUT2D eigenvalue weighted by Crippen LogP contribution is 2.34. The van der Waals surface area contributed by atoms with Crippen LogP contribution in [0.4, 0.5) is 0 Å². The number of nitrogens with zero attached hydrogens (tertiary/aromatic N) is 3. The third kappa shape index (κ3) is 5.62. The normalized spacial score (nSPS) is 12.2. The van der Waals surface area contributed by atoms with E-state index in [9.17, 15) is 9.59 Å². The minimum absolute atomic E-state index is 0.181. The van der Waals surface area contributed by atoms with Crippen molar-refractivity contribution < 1.29 is 24.1 Å². The van der Waals surface area contributed by atoms with Crippen LogP contribution >= 0.6 is 0 Å². The van der Waals surface area contributed by atoms with Gasteiger partial charge in [0, 0.05) is 5.56 Å². The predicted molar refractivity (Wildman–Crippen MR) is 151 cm³/mol. The summed E-state index contributed by atoms with van der Waals surface area (Å²) in [6, 6.07) is 16.1. The van der Waals surface area contributed by atoms with Gasteiger partial charge >= 0.3 is 5.97 Å². The Bertz CT molecular complexity index is 1620. The van der Waals surface area contributed by atoms with Gasteiger partial charge in [0.25, 0.3) is 5.56 Å². The quantitative estimate of drug-likeness (QED) is 0.295.